The fourth-order valence-corrected chi connectivity index (χ4v) is 3.41. The van der Waals surface area contributed by atoms with Gasteiger partial charge < -0.3 is 9.05 Å². The lowest BCUT2D eigenvalue weighted by atomic mass is 10.2. The number of hydrogen-bond acceptors (Lipinski definition) is 3. The predicted octanol–water partition coefficient (Wildman–Crippen LogP) is 3.38. The summed E-state index contributed by atoms with van der Waals surface area (Å²) in [6, 6.07) is 0. The Bertz CT molecular complexity index is 163. The van der Waals surface area contributed by atoms with Gasteiger partial charge in [-0.3, -0.25) is 0 Å². The van der Waals surface area contributed by atoms with Crippen molar-refractivity contribution in [2.45, 2.75) is 39.7 Å². The van der Waals surface area contributed by atoms with E-state index in [1.54, 1.807) is 0 Å². The van der Waals surface area contributed by atoms with Crippen molar-refractivity contribution in [1.29, 1.82) is 0 Å². The summed E-state index contributed by atoms with van der Waals surface area (Å²) < 4.78 is 10.7. The lowest BCUT2D eigenvalue weighted by molar-refractivity contribution is 0.196. The molecule has 0 fully saturated rings. The van der Waals surface area contributed by atoms with Gasteiger partial charge in [0.2, 0.25) is 5.69 Å². The summed E-state index contributed by atoms with van der Waals surface area (Å²) >= 11 is 9.24. The highest BCUT2D eigenvalue weighted by molar-refractivity contribution is 8.60. The molecule has 5 heteroatoms. The van der Waals surface area contributed by atoms with Crippen molar-refractivity contribution in [2.75, 3.05) is 6.61 Å². The maximum atomic E-state index is 5.49. The van der Waals surface area contributed by atoms with Crippen LogP contribution in [0.5, 0.6) is 0 Å². The van der Waals surface area contributed by atoms with Gasteiger partial charge in [-0.25, -0.2) is 0 Å². The molecule has 0 aromatic heterocycles. The highest BCUT2D eigenvalue weighted by Crippen LogP contribution is 2.54. The molecule has 0 amide bonds. The SMILES string of the molecule is CCCC(C)OP(=S)(S)OCC. The van der Waals surface area contributed by atoms with Crippen molar-refractivity contribution in [3.8, 4) is 0 Å². The summed E-state index contributed by atoms with van der Waals surface area (Å²) in [7, 11) is 0. The van der Waals surface area contributed by atoms with E-state index in [-0.39, 0.29) is 6.10 Å². The van der Waals surface area contributed by atoms with Crippen molar-refractivity contribution in [3.05, 3.63) is 0 Å². The molecule has 2 unspecified atom stereocenters. The Hall–Kier alpha value is 0.920. The molecule has 0 N–H and O–H groups in total. The molecule has 0 radical (unpaired) electrons. The molecule has 0 spiro atoms. The third-order valence-corrected chi connectivity index (χ3v) is 3.72. The first-order valence-electron chi connectivity index (χ1n) is 4.17. The van der Waals surface area contributed by atoms with Crippen molar-refractivity contribution in [1.82, 2.24) is 0 Å². The fraction of sp³-hybridized carbons (Fsp3) is 1.00. The van der Waals surface area contributed by atoms with Gasteiger partial charge in [0.15, 0.2) is 0 Å². The molecule has 0 heterocycles. The Balaban J connectivity index is 3.79. The Morgan fingerprint density at radius 3 is 2.50 bits per heavy atom. The van der Waals surface area contributed by atoms with Gasteiger partial charge in [0, 0.05) is 0 Å². The average Bonchev–Trinajstić information content (AvgIpc) is 1.85. The van der Waals surface area contributed by atoms with E-state index in [1.165, 1.54) is 0 Å². The van der Waals surface area contributed by atoms with E-state index in [2.05, 4.69) is 19.2 Å². The summed E-state index contributed by atoms with van der Waals surface area (Å²) in [5, 5.41) is 0. The largest absolute Gasteiger partial charge is 0.322 e. The van der Waals surface area contributed by atoms with Gasteiger partial charge in [-0.05, 0) is 32.1 Å². The van der Waals surface area contributed by atoms with Crippen LogP contribution in [-0.2, 0) is 20.9 Å². The molecule has 2 atom stereocenters. The minimum absolute atomic E-state index is 0.157. The molecule has 0 saturated heterocycles. The highest BCUT2D eigenvalue weighted by atomic mass is 32.9. The summed E-state index contributed by atoms with van der Waals surface area (Å²) in [5.74, 6) is 0. The normalized spacial score (nSPS) is 18.7. The molecule has 0 aliphatic carbocycles. The van der Waals surface area contributed by atoms with Crippen LogP contribution < -0.4 is 0 Å². The molecule has 0 aliphatic rings. The highest BCUT2D eigenvalue weighted by Gasteiger charge is 2.15. The Kier molecular flexibility index (Phi) is 6.87. The van der Waals surface area contributed by atoms with Gasteiger partial charge in [0.25, 0.3) is 0 Å². The molecular formula is C7H17O2PS2. The predicted molar refractivity (Wildman–Crippen MR) is 60.4 cm³/mol. The zero-order valence-electron chi connectivity index (χ0n) is 7.82. The minimum Gasteiger partial charge on any atom is -0.322 e. The molecule has 74 valence electrons. The molecule has 12 heavy (non-hydrogen) atoms. The Morgan fingerprint density at radius 1 is 1.50 bits per heavy atom. The van der Waals surface area contributed by atoms with Gasteiger partial charge in [-0.2, -0.15) is 0 Å². The monoisotopic (exact) mass is 228 g/mol. The van der Waals surface area contributed by atoms with Crippen LogP contribution in [0.2, 0.25) is 0 Å². The number of hydrogen-bond donors (Lipinski definition) is 1. The van der Waals surface area contributed by atoms with Crippen LogP contribution in [0, 0.1) is 0 Å². The van der Waals surface area contributed by atoms with Crippen LogP contribution in [0.1, 0.15) is 33.6 Å². The maximum Gasteiger partial charge on any atom is 0.244 e. The lowest BCUT2D eigenvalue weighted by Crippen LogP contribution is -2.04. The van der Waals surface area contributed by atoms with Gasteiger partial charge in [-0.1, -0.05) is 25.6 Å². The summed E-state index contributed by atoms with van der Waals surface area (Å²) in [6.07, 6.45) is 2.26. The number of rotatable bonds is 6. The van der Waals surface area contributed by atoms with Gasteiger partial charge in [0.05, 0.1) is 12.7 Å². The van der Waals surface area contributed by atoms with Crippen LogP contribution >= 0.6 is 17.9 Å². The second-order valence-electron chi connectivity index (χ2n) is 2.59. The fourth-order valence-electron chi connectivity index (χ4n) is 0.880. The van der Waals surface area contributed by atoms with Gasteiger partial charge >= 0.3 is 0 Å². The van der Waals surface area contributed by atoms with E-state index in [0.717, 1.165) is 12.8 Å². The second kappa shape index (κ2) is 6.39. The van der Waals surface area contributed by atoms with Crippen LogP contribution in [-0.4, -0.2) is 12.7 Å². The topological polar surface area (TPSA) is 18.5 Å². The summed E-state index contributed by atoms with van der Waals surface area (Å²) in [6.45, 7) is 6.58. The van der Waals surface area contributed by atoms with Crippen molar-refractivity contribution in [2.24, 2.45) is 0 Å². The minimum atomic E-state index is -2.25. The Morgan fingerprint density at radius 2 is 2.08 bits per heavy atom. The third-order valence-electron chi connectivity index (χ3n) is 1.30. The van der Waals surface area contributed by atoms with Crippen LogP contribution in [0.15, 0.2) is 0 Å². The molecular weight excluding hydrogens is 211 g/mol. The zero-order chi connectivity index (χ0) is 9.61. The Labute approximate surface area is 85.4 Å². The third kappa shape index (κ3) is 6.44. The molecule has 0 aliphatic heterocycles. The molecule has 2 nitrogen and oxygen atoms in total. The molecule has 0 aromatic carbocycles. The quantitative estimate of drug-likeness (QED) is 0.555. The van der Waals surface area contributed by atoms with Crippen molar-refractivity contribution >= 4 is 29.7 Å². The standard InChI is InChI=1S/C7H17O2PS2/c1-4-6-7(3)9-10(11,12)8-5-2/h7H,4-6H2,1-3H3,(H,11,12). The van der Waals surface area contributed by atoms with Gasteiger partial charge in [0.1, 0.15) is 0 Å². The van der Waals surface area contributed by atoms with Crippen molar-refractivity contribution < 1.29 is 9.05 Å². The first kappa shape index (κ1) is 12.9. The summed E-state index contributed by atoms with van der Waals surface area (Å²) in [5.41, 5.74) is -2.25. The molecule has 0 aromatic rings. The van der Waals surface area contributed by atoms with E-state index < -0.39 is 5.69 Å². The first-order chi connectivity index (χ1) is 5.52. The molecule has 0 rings (SSSR count). The first-order valence-corrected chi connectivity index (χ1v) is 7.96. The van der Waals surface area contributed by atoms with Crippen LogP contribution in [0.4, 0.5) is 0 Å². The van der Waals surface area contributed by atoms with Crippen molar-refractivity contribution in [3.63, 3.8) is 0 Å². The second-order valence-corrected chi connectivity index (χ2v) is 7.83. The van der Waals surface area contributed by atoms with Gasteiger partial charge in [-0.15, -0.1) is 0 Å². The number of thiol groups is 1. The van der Waals surface area contributed by atoms with Crippen LogP contribution in [0.3, 0.4) is 0 Å². The lowest BCUT2D eigenvalue weighted by Gasteiger charge is -2.20. The molecule has 0 saturated carbocycles. The van der Waals surface area contributed by atoms with E-state index in [9.17, 15) is 0 Å². The van der Waals surface area contributed by atoms with E-state index >= 15 is 0 Å². The van der Waals surface area contributed by atoms with E-state index in [4.69, 9.17) is 20.9 Å². The summed E-state index contributed by atoms with van der Waals surface area (Å²) in [4.78, 5) is 0. The smallest absolute Gasteiger partial charge is 0.244 e. The van der Waals surface area contributed by atoms with E-state index in [0.29, 0.717) is 6.61 Å². The van der Waals surface area contributed by atoms with Crippen LogP contribution in [0.25, 0.3) is 0 Å². The maximum absolute atomic E-state index is 5.49. The van der Waals surface area contributed by atoms with E-state index in [1.807, 2.05) is 13.8 Å². The average molecular weight is 228 g/mol. The molecule has 0 bridgehead atoms. The zero-order valence-corrected chi connectivity index (χ0v) is 10.4.